The first-order valence-corrected chi connectivity index (χ1v) is 14.8. The predicted octanol–water partition coefficient (Wildman–Crippen LogP) is 6.91. The van der Waals surface area contributed by atoms with E-state index in [2.05, 4.69) is 46.9 Å². The maximum Gasteiger partial charge on any atom is 0.192 e. The zero-order valence-electron chi connectivity index (χ0n) is 19.2. The average Bonchev–Trinajstić information content (AvgIpc) is 2.94. The van der Waals surface area contributed by atoms with Crippen LogP contribution in [0.2, 0.25) is 18.1 Å². The van der Waals surface area contributed by atoms with Crippen molar-refractivity contribution >= 4 is 14.1 Å². The molecule has 0 saturated heterocycles. The van der Waals surface area contributed by atoms with Gasteiger partial charge in [0.2, 0.25) is 0 Å². The van der Waals surface area contributed by atoms with E-state index >= 15 is 0 Å². The van der Waals surface area contributed by atoms with Crippen molar-refractivity contribution in [1.82, 2.24) is 0 Å². The van der Waals surface area contributed by atoms with Crippen LogP contribution in [0.25, 0.3) is 0 Å². The van der Waals surface area contributed by atoms with E-state index in [0.717, 1.165) is 37.7 Å². The molecule has 5 atom stereocenters. The first-order chi connectivity index (χ1) is 13.0. The Bertz CT molecular complexity index is 673. The summed E-state index contributed by atoms with van der Waals surface area (Å²) in [6.07, 6.45) is 13.4. The van der Waals surface area contributed by atoms with Gasteiger partial charge in [-0.1, -0.05) is 39.3 Å². The molecule has 0 aliphatic heterocycles. The summed E-state index contributed by atoms with van der Waals surface area (Å²) < 4.78 is 6.93. The molecular weight excluding hydrogens is 360 g/mol. The van der Waals surface area contributed by atoms with Crippen LogP contribution < -0.4 is 0 Å². The number of fused-ring (bicyclic) bond motifs is 5. The van der Waals surface area contributed by atoms with Gasteiger partial charge < -0.3 is 4.43 Å². The SMILES string of the molecule is CC(C)(C)[Si](C)(C)OC[C@]12CCCC=C1CC[C@@H]1[C@H]2CC[C@]2(C)C(=O)CC[C@@H]12. The van der Waals surface area contributed by atoms with Crippen molar-refractivity contribution in [2.45, 2.75) is 104 Å². The zero-order chi connectivity index (χ0) is 20.4. The zero-order valence-corrected chi connectivity index (χ0v) is 20.2. The molecule has 0 aromatic rings. The van der Waals surface area contributed by atoms with Crippen molar-refractivity contribution in [1.29, 1.82) is 0 Å². The molecule has 0 aromatic carbocycles. The summed E-state index contributed by atoms with van der Waals surface area (Å²) in [5.41, 5.74) is 1.98. The Balaban J connectivity index is 1.65. The molecule has 0 spiro atoms. The van der Waals surface area contributed by atoms with E-state index in [1.54, 1.807) is 5.57 Å². The fraction of sp³-hybridized carbons (Fsp3) is 0.880. The minimum Gasteiger partial charge on any atom is -0.416 e. The minimum absolute atomic E-state index is 0.0153. The van der Waals surface area contributed by atoms with E-state index in [4.69, 9.17) is 4.43 Å². The van der Waals surface area contributed by atoms with Crippen LogP contribution in [0.15, 0.2) is 11.6 Å². The number of carbonyl (C=O) groups excluding carboxylic acids is 1. The normalized spacial score (nSPS) is 41.1. The minimum atomic E-state index is -1.76. The summed E-state index contributed by atoms with van der Waals surface area (Å²) in [7, 11) is -1.76. The first kappa shape index (κ1) is 20.8. The van der Waals surface area contributed by atoms with Crippen LogP contribution in [0.4, 0.5) is 0 Å². The van der Waals surface area contributed by atoms with Gasteiger partial charge in [0.25, 0.3) is 0 Å². The van der Waals surface area contributed by atoms with Gasteiger partial charge in [-0.05, 0) is 87.3 Å². The number of allylic oxidation sites excluding steroid dienone is 1. The van der Waals surface area contributed by atoms with E-state index in [-0.39, 0.29) is 15.9 Å². The van der Waals surface area contributed by atoms with Gasteiger partial charge in [0.15, 0.2) is 8.32 Å². The van der Waals surface area contributed by atoms with Gasteiger partial charge in [0.05, 0.1) is 0 Å². The highest BCUT2D eigenvalue weighted by atomic mass is 28.4. The second-order valence-electron chi connectivity index (χ2n) is 12.2. The number of hydrogen-bond acceptors (Lipinski definition) is 2. The largest absolute Gasteiger partial charge is 0.416 e. The molecule has 0 N–H and O–H groups in total. The topological polar surface area (TPSA) is 26.3 Å². The third-order valence-corrected chi connectivity index (χ3v) is 14.4. The monoisotopic (exact) mass is 402 g/mol. The van der Waals surface area contributed by atoms with E-state index in [9.17, 15) is 4.79 Å². The van der Waals surface area contributed by atoms with Gasteiger partial charge in [-0.15, -0.1) is 0 Å². The summed E-state index contributed by atoms with van der Waals surface area (Å²) in [5, 5.41) is 0.263. The van der Waals surface area contributed by atoms with Crippen molar-refractivity contribution in [3.63, 3.8) is 0 Å². The maximum absolute atomic E-state index is 12.7. The molecule has 2 nitrogen and oxygen atoms in total. The van der Waals surface area contributed by atoms with E-state index < -0.39 is 8.32 Å². The van der Waals surface area contributed by atoms with Crippen molar-refractivity contribution in [2.75, 3.05) is 6.61 Å². The lowest BCUT2D eigenvalue weighted by Gasteiger charge is -2.58. The average molecular weight is 403 g/mol. The molecule has 158 valence electrons. The second kappa shape index (κ2) is 6.80. The second-order valence-corrected chi connectivity index (χ2v) is 17.0. The van der Waals surface area contributed by atoms with E-state index in [1.165, 1.54) is 38.5 Å². The molecular formula is C25H42O2Si. The Labute approximate surface area is 174 Å². The quantitative estimate of drug-likeness (QED) is 0.378. The summed E-state index contributed by atoms with van der Waals surface area (Å²) in [6, 6.07) is 0. The molecule has 28 heavy (non-hydrogen) atoms. The fourth-order valence-electron chi connectivity index (χ4n) is 7.10. The van der Waals surface area contributed by atoms with Crippen molar-refractivity contribution < 1.29 is 9.22 Å². The van der Waals surface area contributed by atoms with Crippen LogP contribution >= 0.6 is 0 Å². The highest BCUT2D eigenvalue weighted by Crippen LogP contribution is 2.65. The Morgan fingerprint density at radius 1 is 1.11 bits per heavy atom. The third kappa shape index (κ3) is 3.02. The molecule has 0 radical (unpaired) electrons. The Morgan fingerprint density at radius 2 is 1.86 bits per heavy atom. The molecule has 4 aliphatic carbocycles. The van der Waals surface area contributed by atoms with E-state index in [1.807, 2.05) is 0 Å². The highest BCUT2D eigenvalue weighted by Gasteiger charge is 2.60. The molecule has 0 amide bonds. The molecule has 3 heteroatoms. The molecule has 0 unspecified atom stereocenters. The lowest BCUT2D eigenvalue weighted by Crippen LogP contribution is -2.54. The van der Waals surface area contributed by atoms with Crippen LogP contribution in [0.5, 0.6) is 0 Å². The van der Waals surface area contributed by atoms with Gasteiger partial charge in [-0.3, -0.25) is 4.79 Å². The van der Waals surface area contributed by atoms with Gasteiger partial charge >= 0.3 is 0 Å². The van der Waals surface area contributed by atoms with Crippen LogP contribution in [0.3, 0.4) is 0 Å². The summed E-state index contributed by atoms with van der Waals surface area (Å²) >= 11 is 0. The highest BCUT2D eigenvalue weighted by molar-refractivity contribution is 6.74. The standard InChI is InChI=1S/C25H42O2Si/c1-23(2,3)28(5,6)27-17-25-15-8-7-9-18(25)10-11-19-20-12-13-22(26)24(20,4)16-14-21(19)25/h9,19-21H,7-8,10-17H2,1-6H3/t19-,20-,21+,24-,25+/m0/s1. The third-order valence-electron chi connectivity index (χ3n) is 9.96. The Morgan fingerprint density at radius 3 is 2.57 bits per heavy atom. The molecule has 0 bridgehead atoms. The number of Topliss-reactive ketones (excluding diaryl/α,β-unsaturated/α-hetero) is 1. The van der Waals surface area contributed by atoms with Crippen molar-refractivity contribution in [3.05, 3.63) is 11.6 Å². The number of ketones is 1. The summed E-state index contributed by atoms with van der Waals surface area (Å²) in [6.45, 7) is 15.1. The lowest BCUT2D eigenvalue weighted by atomic mass is 9.47. The Hall–Kier alpha value is -0.413. The molecule has 4 aliphatic rings. The maximum atomic E-state index is 12.7. The van der Waals surface area contributed by atoms with Crippen LogP contribution in [-0.4, -0.2) is 20.7 Å². The van der Waals surface area contributed by atoms with Crippen LogP contribution in [-0.2, 0) is 9.22 Å². The van der Waals surface area contributed by atoms with Gasteiger partial charge in [-0.25, -0.2) is 0 Å². The van der Waals surface area contributed by atoms with Crippen molar-refractivity contribution in [3.8, 4) is 0 Å². The number of rotatable bonds is 3. The summed E-state index contributed by atoms with van der Waals surface area (Å²) in [4.78, 5) is 12.7. The molecule has 3 fully saturated rings. The number of hydrogen-bond donors (Lipinski definition) is 0. The van der Waals surface area contributed by atoms with Gasteiger partial charge in [-0.2, -0.15) is 0 Å². The van der Waals surface area contributed by atoms with E-state index in [0.29, 0.717) is 11.7 Å². The first-order valence-electron chi connectivity index (χ1n) is 11.9. The lowest BCUT2D eigenvalue weighted by molar-refractivity contribution is -0.133. The number of carbonyl (C=O) groups is 1. The van der Waals surface area contributed by atoms with Crippen LogP contribution in [0, 0.1) is 28.6 Å². The van der Waals surface area contributed by atoms with Crippen molar-refractivity contribution in [2.24, 2.45) is 28.6 Å². The van der Waals surface area contributed by atoms with Crippen LogP contribution in [0.1, 0.15) is 85.5 Å². The smallest absolute Gasteiger partial charge is 0.192 e. The van der Waals surface area contributed by atoms with Gasteiger partial charge in [0, 0.05) is 23.9 Å². The molecule has 4 rings (SSSR count). The molecule has 0 aromatic heterocycles. The predicted molar refractivity (Wildman–Crippen MR) is 119 cm³/mol. The Kier molecular flexibility index (Phi) is 5.06. The van der Waals surface area contributed by atoms with Gasteiger partial charge in [0.1, 0.15) is 5.78 Å². The molecule has 3 saturated carbocycles. The molecule has 0 heterocycles. The fourth-order valence-corrected chi connectivity index (χ4v) is 8.15. The summed E-state index contributed by atoms with van der Waals surface area (Å²) in [5.74, 6) is 2.67.